The van der Waals surface area contributed by atoms with Gasteiger partial charge in [0.05, 0.1) is 5.69 Å². The summed E-state index contributed by atoms with van der Waals surface area (Å²) in [5, 5.41) is 10.1. The van der Waals surface area contributed by atoms with Crippen LogP contribution >= 0.6 is 0 Å². The lowest BCUT2D eigenvalue weighted by Crippen LogP contribution is -2.13. The maximum absolute atomic E-state index is 10.5. The number of aromatic amines is 1. The lowest BCUT2D eigenvalue weighted by Gasteiger charge is -2.14. The molecule has 0 saturated heterocycles. The molecule has 4 nitrogen and oxygen atoms in total. The second-order valence-electron chi connectivity index (χ2n) is 3.57. The minimum absolute atomic E-state index is 0.251. The van der Waals surface area contributed by atoms with Crippen molar-refractivity contribution in [1.82, 2.24) is 15.4 Å². The van der Waals surface area contributed by atoms with Crippen LogP contribution in [0.1, 0.15) is 26.0 Å². The first-order chi connectivity index (χ1) is 5.64. The van der Waals surface area contributed by atoms with Crippen molar-refractivity contribution in [2.45, 2.75) is 26.7 Å². The molecule has 1 aromatic rings. The molecule has 0 unspecified atom stereocenters. The van der Waals surface area contributed by atoms with E-state index in [2.05, 4.69) is 15.4 Å². The Bertz CT molecular complexity index is 241. The molecule has 66 valence electrons. The first-order valence-corrected chi connectivity index (χ1v) is 3.96. The Morgan fingerprint density at radius 3 is 2.92 bits per heavy atom. The third-order valence-electron chi connectivity index (χ3n) is 1.81. The molecule has 0 aliphatic heterocycles. The molecule has 0 amide bonds. The summed E-state index contributed by atoms with van der Waals surface area (Å²) < 4.78 is 0. The molecule has 4 heteroatoms. The first kappa shape index (κ1) is 8.90. The van der Waals surface area contributed by atoms with Gasteiger partial charge in [-0.25, -0.2) is 0 Å². The van der Waals surface area contributed by atoms with E-state index in [1.165, 1.54) is 0 Å². The van der Waals surface area contributed by atoms with Crippen LogP contribution in [0.25, 0.3) is 0 Å². The summed E-state index contributed by atoms with van der Waals surface area (Å²) in [5.74, 6) is 0. The average Bonchev–Trinajstić information content (AvgIpc) is 2.53. The van der Waals surface area contributed by atoms with Crippen molar-refractivity contribution in [3.05, 3.63) is 11.9 Å². The van der Waals surface area contributed by atoms with E-state index in [0.29, 0.717) is 0 Å². The van der Waals surface area contributed by atoms with Crippen LogP contribution < -0.4 is 0 Å². The molecule has 1 heterocycles. The molecule has 1 aromatic heterocycles. The summed E-state index contributed by atoms with van der Waals surface area (Å²) in [4.78, 5) is 10.5. The summed E-state index contributed by atoms with van der Waals surface area (Å²) in [6.45, 7) is 3.83. The number of aldehydes is 1. The zero-order valence-corrected chi connectivity index (χ0v) is 7.37. The van der Waals surface area contributed by atoms with Crippen molar-refractivity contribution in [1.29, 1.82) is 0 Å². The highest BCUT2D eigenvalue weighted by Gasteiger charge is 2.16. The Kier molecular flexibility index (Phi) is 2.58. The molecule has 0 aliphatic carbocycles. The van der Waals surface area contributed by atoms with Crippen LogP contribution in [0, 0.1) is 5.41 Å². The van der Waals surface area contributed by atoms with E-state index in [1.807, 2.05) is 13.8 Å². The molecule has 0 aliphatic rings. The summed E-state index contributed by atoms with van der Waals surface area (Å²) in [6.07, 6.45) is 4.33. The Morgan fingerprint density at radius 2 is 2.42 bits per heavy atom. The Balaban J connectivity index is 2.41. The molecule has 1 N–H and O–H groups in total. The standard InChI is InChI=1S/C8H13N3O/c1-8(2,6-12)4-3-7-5-9-11-10-7/h5-6H,3-4H2,1-2H3,(H,9,10,11). The lowest BCUT2D eigenvalue weighted by atomic mass is 9.89. The molecule has 0 atom stereocenters. The largest absolute Gasteiger partial charge is 0.303 e. The first-order valence-electron chi connectivity index (χ1n) is 3.96. The van der Waals surface area contributed by atoms with Crippen molar-refractivity contribution < 1.29 is 4.79 Å². The van der Waals surface area contributed by atoms with Crippen molar-refractivity contribution in [3.63, 3.8) is 0 Å². The van der Waals surface area contributed by atoms with E-state index < -0.39 is 0 Å². The number of carbonyl (C=O) groups is 1. The zero-order chi connectivity index (χ0) is 9.03. The van der Waals surface area contributed by atoms with Gasteiger partial charge in [-0.05, 0) is 12.8 Å². The molecule has 0 bridgehead atoms. The maximum atomic E-state index is 10.5. The van der Waals surface area contributed by atoms with Gasteiger partial charge >= 0.3 is 0 Å². The van der Waals surface area contributed by atoms with Gasteiger partial charge < -0.3 is 4.79 Å². The Hall–Kier alpha value is -1.19. The van der Waals surface area contributed by atoms with Crippen LogP contribution in [-0.2, 0) is 11.2 Å². The van der Waals surface area contributed by atoms with Gasteiger partial charge in [-0.1, -0.05) is 19.1 Å². The summed E-state index contributed by atoms with van der Waals surface area (Å²) in [6, 6.07) is 0. The minimum atomic E-state index is -0.251. The van der Waals surface area contributed by atoms with Gasteiger partial charge in [0, 0.05) is 11.6 Å². The topological polar surface area (TPSA) is 58.6 Å². The van der Waals surface area contributed by atoms with Crippen molar-refractivity contribution in [2.24, 2.45) is 5.41 Å². The van der Waals surface area contributed by atoms with E-state index >= 15 is 0 Å². The van der Waals surface area contributed by atoms with E-state index in [4.69, 9.17) is 0 Å². The van der Waals surface area contributed by atoms with Crippen LogP contribution in [-0.4, -0.2) is 21.7 Å². The highest BCUT2D eigenvalue weighted by atomic mass is 16.1. The predicted molar refractivity (Wildman–Crippen MR) is 44.5 cm³/mol. The van der Waals surface area contributed by atoms with Gasteiger partial charge in [0.2, 0.25) is 0 Å². The van der Waals surface area contributed by atoms with Gasteiger partial charge in [-0.15, -0.1) is 5.10 Å². The van der Waals surface area contributed by atoms with E-state index in [9.17, 15) is 4.79 Å². The van der Waals surface area contributed by atoms with Crippen LogP contribution in [0.15, 0.2) is 6.20 Å². The summed E-state index contributed by atoms with van der Waals surface area (Å²) in [7, 11) is 0. The molecular formula is C8H13N3O. The maximum Gasteiger partial charge on any atom is 0.125 e. The molecule has 1 rings (SSSR count). The second kappa shape index (κ2) is 3.47. The monoisotopic (exact) mass is 167 g/mol. The van der Waals surface area contributed by atoms with Gasteiger partial charge in [0.25, 0.3) is 0 Å². The third-order valence-corrected chi connectivity index (χ3v) is 1.81. The lowest BCUT2D eigenvalue weighted by molar-refractivity contribution is -0.114. The van der Waals surface area contributed by atoms with Crippen LogP contribution in [0.5, 0.6) is 0 Å². The number of aryl methyl sites for hydroxylation is 1. The fraction of sp³-hybridized carbons (Fsp3) is 0.625. The fourth-order valence-corrected chi connectivity index (χ4v) is 0.857. The highest BCUT2D eigenvalue weighted by Crippen LogP contribution is 2.18. The quantitative estimate of drug-likeness (QED) is 0.679. The molecule has 12 heavy (non-hydrogen) atoms. The third kappa shape index (κ3) is 2.45. The van der Waals surface area contributed by atoms with Crippen LogP contribution in [0.4, 0.5) is 0 Å². The molecular weight excluding hydrogens is 154 g/mol. The predicted octanol–water partition coefficient (Wildman–Crippen LogP) is 0.962. The highest BCUT2D eigenvalue weighted by molar-refractivity contribution is 5.57. The average molecular weight is 167 g/mol. The van der Waals surface area contributed by atoms with E-state index in [1.54, 1.807) is 6.20 Å². The number of aromatic nitrogens is 3. The number of H-pyrrole nitrogens is 1. The van der Waals surface area contributed by atoms with Crippen molar-refractivity contribution in [2.75, 3.05) is 0 Å². The molecule has 0 saturated carbocycles. The summed E-state index contributed by atoms with van der Waals surface area (Å²) in [5.41, 5.74) is 0.656. The van der Waals surface area contributed by atoms with Crippen molar-refractivity contribution in [3.8, 4) is 0 Å². The SMILES string of the molecule is CC(C)(C=O)CCc1c[nH]nn1. The number of carbonyl (C=O) groups excluding carboxylic acids is 1. The number of nitrogens with one attached hydrogen (secondary N) is 1. The van der Waals surface area contributed by atoms with Gasteiger partial charge in [0.1, 0.15) is 6.29 Å². The van der Waals surface area contributed by atoms with Gasteiger partial charge in [-0.2, -0.15) is 0 Å². The van der Waals surface area contributed by atoms with Gasteiger partial charge in [0.15, 0.2) is 0 Å². The van der Waals surface area contributed by atoms with Crippen LogP contribution in [0.2, 0.25) is 0 Å². The molecule has 0 aromatic carbocycles. The summed E-state index contributed by atoms with van der Waals surface area (Å²) >= 11 is 0. The Labute approximate surface area is 71.4 Å². The number of rotatable bonds is 4. The molecule has 0 fully saturated rings. The minimum Gasteiger partial charge on any atom is -0.303 e. The zero-order valence-electron chi connectivity index (χ0n) is 7.37. The number of hydrogen-bond donors (Lipinski definition) is 1. The number of hydrogen-bond acceptors (Lipinski definition) is 3. The van der Waals surface area contributed by atoms with Crippen LogP contribution in [0.3, 0.4) is 0 Å². The smallest absolute Gasteiger partial charge is 0.125 e. The molecule has 0 radical (unpaired) electrons. The molecule has 0 spiro atoms. The normalized spacial score (nSPS) is 11.5. The number of nitrogens with zero attached hydrogens (tertiary/aromatic N) is 2. The fourth-order valence-electron chi connectivity index (χ4n) is 0.857. The second-order valence-corrected chi connectivity index (χ2v) is 3.57. The van der Waals surface area contributed by atoms with E-state index in [0.717, 1.165) is 24.8 Å². The van der Waals surface area contributed by atoms with Gasteiger partial charge in [-0.3, -0.25) is 5.10 Å². The van der Waals surface area contributed by atoms with Crippen molar-refractivity contribution >= 4 is 6.29 Å². The van der Waals surface area contributed by atoms with E-state index in [-0.39, 0.29) is 5.41 Å². The Morgan fingerprint density at radius 1 is 1.67 bits per heavy atom.